The van der Waals surface area contributed by atoms with Gasteiger partial charge in [-0.25, -0.2) is 0 Å². The number of anilines is 1. The Bertz CT molecular complexity index is 1030. The van der Waals surface area contributed by atoms with Crippen molar-refractivity contribution in [3.8, 4) is 0 Å². The van der Waals surface area contributed by atoms with Crippen molar-refractivity contribution < 1.29 is 4.79 Å². The minimum atomic E-state index is -0.236. The lowest BCUT2D eigenvalue weighted by atomic mass is 9.81. The van der Waals surface area contributed by atoms with Crippen molar-refractivity contribution in [3.63, 3.8) is 0 Å². The van der Waals surface area contributed by atoms with Crippen molar-refractivity contribution in [1.82, 2.24) is 20.0 Å². The number of nitrogens with zero attached hydrogens (tertiary/aromatic N) is 2. The zero-order chi connectivity index (χ0) is 24.3. The molecule has 0 radical (unpaired) electrons. The first-order valence-electron chi connectivity index (χ1n) is 11.9. The van der Waals surface area contributed by atoms with Gasteiger partial charge in [-0.05, 0) is 91.1 Å². The second-order valence-corrected chi connectivity index (χ2v) is 9.96. The van der Waals surface area contributed by atoms with Gasteiger partial charge < -0.3 is 15.5 Å². The maximum Gasteiger partial charge on any atom is 0.269 e. The van der Waals surface area contributed by atoms with Crippen LogP contribution in [0.1, 0.15) is 66.7 Å². The van der Waals surface area contributed by atoms with Gasteiger partial charge in [-0.1, -0.05) is 11.6 Å². The van der Waals surface area contributed by atoms with E-state index in [0.29, 0.717) is 34.7 Å². The van der Waals surface area contributed by atoms with Gasteiger partial charge in [0.2, 0.25) is 0 Å². The fourth-order valence-electron chi connectivity index (χ4n) is 4.94. The molecule has 1 aliphatic rings. The Morgan fingerprint density at radius 2 is 1.91 bits per heavy atom. The van der Waals surface area contributed by atoms with Crippen LogP contribution < -0.4 is 16.2 Å². The summed E-state index contributed by atoms with van der Waals surface area (Å²) in [6, 6.07) is 4.54. The van der Waals surface area contributed by atoms with Crippen LogP contribution in [-0.2, 0) is 13.1 Å². The number of nitrogens with one attached hydrogen (secondary N) is 3. The molecule has 8 heteroatoms. The molecule has 2 aromatic rings. The number of halogens is 1. The van der Waals surface area contributed by atoms with Crippen molar-refractivity contribution in [2.75, 3.05) is 19.4 Å². The largest absolute Gasteiger partial charge is 0.382 e. The van der Waals surface area contributed by atoms with E-state index in [1.165, 1.54) is 25.7 Å². The number of hydrogen-bond donors (Lipinski definition) is 3. The third-order valence-corrected chi connectivity index (χ3v) is 7.49. The summed E-state index contributed by atoms with van der Waals surface area (Å²) in [4.78, 5) is 27.5. The predicted molar refractivity (Wildman–Crippen MR) is 135 cm³/mol. The normalized spacial score (nSPS) is 19.5. The molecule has 1 aliphatic carbocycles. The molecule has 182 valence electrons. The standard InChI is InChI=1S/C25H38ClN5O2/c1-7-31-17(4)22(25(33)29-31)14-27-24(32)21-12-19(26)13-23(15(21)2)28-16(3)18-8-10-20(11-9-18)30(5)6/h12-13,16,18,20,28H,7-11,14H2,1-6H3,(H,27,32)(H,29,33)/t16?,18-,20-. The van der Waals surface area contributed by atoms with Crippen molar-refractivity contribution in [2.24, 2.45) is 5.92 Å². The number of amides is 1. The molecule has 1 amide bonds. The van der Waals surface area contributed by atoms with E-state index in [9.17, 15) is 9.59 Å². The highest BCUT2D eigenvalue weighted by Crippen LogP contribution is 2.32. The molecular weight excluding hydrogens is 438 g/mol. The maximum absolute atomic E-state index is 13.0. The molecule has 3 N–H and O–H groups in total. The Morgan fingerprint density at radius 3 is 2.48 bits per heavy atom. The van der Waals surface area contributed by atoms with E-state index in [1.807, 2.05) is 26.8 Å². The van der Waals surface area contributed by atoms with Crippen LogP contribution in [0.15, 0.2) is 16.9 Å². The van der Waals surface area contributed by atoms with E-state index in [2.05, 4.69) is 41.7 Å². The lowest BCUT2D eigenvalue weighted by Gasteiger charge is -2.36. The molecule has 7 nitrogen and oxygen atoms in total. The summed E-state index contributed by atoms with van der Waals surface area (Å²) in [5.74, 6) is 0.356. The Kier molecular flexibility index (Phi) is 8.29. The van der Waals surface area contributed by atoms with Crippen molar-refractivity contribution in [1.29, 1.82) is 0 Å². The fourth-order valence-corrected chi connectivity index (χ4v) is 5.15. The number of hydrogen-bond acceptors (Lipinski definition) is 4. The first kappa shape index (κ1) is 25.4. The lowest BCUT2D eigenvalue weighted by molar-refractivity contribution is 0.0950. The van der Waals surface area contributed by atoms with E-state index >= 15 is 0 Å². The second kappa shape index (κ2) is 10.8. The molecule has 1 aromatic carbocycles. The number of aryl methyl sites for hydroxylation is 1. The van der Waals surface area contributed by atoms with Crippen LogP contribution in [0, 0.1) is 19.8 Å². The van der Waals surface area contributed by atoms with Gasteiger partial charge in [0.25, 0.3) is 11.5 Å². The molecule has 1 fully saturated rings. The topological polar surface area (TPSA) is 82.2 Å². The zero-order valence-corrected chi connectivity index (χ0v) is 21.5. The zero-order valence-electron chi connectivity index (χ0n) is 20.7. The summed E-state index contributed by atoms with van der Waals surface area (Å²) >= 11 is 6.40. The van der Waals surface area contributed by atoms with Crippen LogP contribution in [-0.4, -0.2) is 46.8 Å². The number of carbonyl (C=O) groups is 1. The van der Waals surface area contributed by atoms with E-state index in [-0.39, 0.29) is 24.1 Å². The van der Waals surface area contributed by atoms with Crippen LogP contribution in [0.3, 0.4) is 0 Å². The Morgan fingerprint density at radius 1 is 1.24 bits per heavy atom. The van der Waals surface area contributed by atoms with Gasteiger partial charge in [0, 0.05) is 40.6 Å². The van der Waals surface area contributed by atoms with Gasteiger partial charge >= 0.3 is 0 Å². The smallest absolute Gasteiger partial charge is 0.269 e. The van der Waals surface area contributed by atoms with Crippen LogP contribution in [0.4, 0.5) is 5.69 Å². The van der Waals surface area contributed by atoms with E-state index in [1.54, 1.807) is 10.7 Å². The first-order chi connectivity index (χ1) is 15.6. The Hall–Kier alpha value is -2.25. The van der Waals surface area contributed by atoms with Crippen molar-refractivity contribution in [2.45, 2.75) is 78.6 Å². The quantitative estimate of drug-likeness (QED) is 0.531. The molecule has 1 saturated carbocycles. The van der Waals surface area contributed by atoms with Gasteiger partial charge in [-0.2, -0.15) is 0 Å². The average molecular weight is 476 g/mol. The molecule has 3 rings (SSSR count). The molecule has 1 aromatic heterocycles. The predicted octanol–water partition coefficient (Wildman–Crippen LogP) is 4.32. The minimum absolute atomic E-state index is 0.169. The number of aromatic nitrogens is 2. The average Bonchev–Trinajstić information content (AvgIpc) is 3.06. The second-order valence-electron chi connectivity index (χ2n) is 9.52. The number of carbonyl (C=O) groups excluding carboxylic acids is 1. The summed E-state index contributed by atoms with van der Waals surface area (Å²) in [6.07, 6.45) is 4.80. The SMILES string of the molecule is CCn1[nH]c(=O)c(CNC(=O)c2cc(Cl)cc(NC(C)[C@H]3CC[C@H](N(C)C)CC3)c2C)c1C. The monoisotopic (exact) mass is 475 g/mol. The highest BCUT2D eigenvalue weighted by atomic mass is 35.5. The highest BCUT2D eigenvalue weighted by Gasteiger charge is 2.27. The number of H-pyrrole nitrogens is 1. The Labute approximate surface area is 201 Å². The van der Waals surface area contributed by atoms with Gasteiger partial charge in [0.05, 0.1) is 12.1 Å². The first-order valence-corrected chi connectivity index (χ1v) is 12.3. The lowest BCUT2D eigenvalue weighted by Crippen LogP contribution is -2.36. The molecule has 1 unspecified atom stereocenters. The molecule has 0 bridgehead atoms. The summed E-state index contributed by atoms with van der Waals surface area (Å²) < 4.78 is 1.78. The fraction of sp³-hybridized carbons (Fsp3) is 0.600. The molecule has 1 atom stereocenters. The molecule has 0 saturated heterocycles. The minimum Gasteiger partial charge on any atom is -0.382 e. The summed E-state index contributed by atoms with van der Waals surface area (Å²) in [7, 11) is 4.32. The molecule has 0 spiro atoms. The number of aromatic amines is 1. The van der Waals surface area contributed by atoms with Gasteiger partial charge in [0.1, 0.15) is 0 Å². The van der Waals surface area contributed by atoms with Gasteiger partial charge in [0.15, 0.2) is 0 Å². The van der Waals surface area contributed by atoms with E-state index in [4.69, 9.17) is 11.6 Å². The van der Waals surface area contributed by atoms with Gasteiger partial charge in [-0.15, -0.1) is 0 Å². The third-order valence-electron chi connectivity index (χ3n) is 7.27. The van der Waals surface area contributed by atoms with E-state index in [0.717, 1.165) is 16.9 Å². The highest BCUT2D eigenvalue weighted by molar-refractivity contribution is 6.31. The van der Waals surface area contributed by atoms with Crippen molar-refractivity contribution in [3.05, 3.63) is 49.9 Å². The maximum atomic E-state index is 13.0. The molecular formula is C25H38ClN5O2. The van der Waals surface area contributed by atoms with Gasteiger partial charge in [-0.3, -0.25) is 19.4 Å². The summed E-state index contributed by atoms with van der Waals surface area (Å²) in [5, 5.41) is 9.83. The molecule has 33 heavy (non-hydrogen) atoms. The van der Waals surface area contributed by atoms with Crippen LogP contribution in [0.2, 0.25) is 5.02 Å². The Balaban J connectivity index is 1.69. The van der Waals surface area contributed by atoms with E-state index < -0.39 is 0 Å². The summed E-state index contributed by atoms with van der Waals surface area (Å²) in [6.45, 7) is 8.84. The van der Waals surface area contributed by atoms with Crippen LogP contribution in [0.25, 0.3) is 0 Å². The molecule has 1 heterocycles. The summed E-state index contributed by atoms with van der Waals surface area (Å²) in [5.41, 5.74) is 3.52. The number of benzene rings is 1. The van der Waals surface area contributed by atoms with Crippen LogP contribution in [0.5, 0.6) is 0 Å². The van der Waals surface area contributed by atoms with Crippen molar-refractivity contribution >= 4 is 23.2 Å². The van der Waals surface area contributed by atoms with Crippen LogP contribution >= 0.6 is 11.6 Å². The molecule has 0 aliphatic heterocycles. The number of rotatable bonds is 8. The third kappa shape index (κ3) is 5.82.